The molecule has 1 atom stereocenters. The Hall–Kier alpha value is -0.610. The van der Waals surface area contributed by atoms with Gasteiger partial charge in [-0.15, -0.1) is 0 Å². The van der Waals surface area contributed by atoms with Crippen LogP contribution in [0.5, 0.6) is 0 Å². The topological polar surface area (TPSA) is 44.8 Å². The van der Waals surface area contributed by atoms with Gasteiger partial charge in [0.1, 0.15) is 5.92 Å². The summed E-state index contributed by atoms with van der Waals surface area (Å²) in [6.07, 6.45) is 3.58. The first-order valence-corrected chi connectivity index (χ1v) is 5.47. The van der Waals surface area contributed by atoms with Crippen molar-refractivity contribution in [3.05, 3.63) is 0 Å². The van der Waals surface area contributed by atoms with Gasteiger partial charge in [-0.05, 0) is 19.8 Å². The fourth-order valence-electron chi connectivity index (χ4n) is 2.23. The van der Waals surface area contributed by atoms with E-state index in [-0.39, 0.29) is 11.9 Å². The molecule has 0 amide bonds. The molecule has 0 radical (unpaired) electrons. The second kappa shape index (κ2) is 5.47. The minimum atomic E-state index is -0.773. The molecule has 0 aromatic heterocycles. The predicted octanol–water partition coefficient (Wildman–Crippen LogP) is 1.73. The van der Waals surface area contributed by atoms with Crippen LogP contribution < -0.4 is 0 Å². The lowest BCUT2D eigenvalue weighted by Crippen LogP contribution is -2.48. The minimum Gasteiger partial charge on any atom is -0.466 e. The summed E-state index contributed by atoms with van der Waals surface area (Å²) in [7, 11) is 3.17. The summed E-state index contributed by atoms with van der Waals surface area (Å²) >= 11 is 0. The summed E-state index contributed by atoms with van der Waals surface area (Å²) in [6, 6.07) is 0. The first-order valence-electron chi connectivity index (χ1n) is 5.47. The smallest absolute Gasteiger partial charge is 0.314 e. The normalized spacial score (nSPS) is 24.9. The average molecular weight is 216 g/mol. The maximum absolute atomic E-state index is 11.7. The van der Waals surface area contributed by atoms with Crippen molar-refractivity contribution in [1.82, 2.24) is 0 Å². The van der Waals surface area contributed by atoms with Crippen molar-refractivity contribution >= 4 is 5.97 Å². The molecule has 1 aliphatic rings. The monoisotopic (exact) mass is 216 g/mol. The lowest BCUT2D eigenvalue weighted by molar-refractivity contribution is -0.256. The molecule has 1 aliphatic carbocycles. The lowest BCUT2D eigenvalue weighted by Gasteiger charge is -2.40. The Balaban J connectivity index is 2.76. The van der Waals surface area contributed by atoms with Crippen LogP contribution in [0.25, 0.3) is 0 Å². The Morgan fingerprint density at radius 3 is 2.53 bits per heavy atom. The molecule has 1 rings (SSSR count). The van der Waals surface area contributed by atoms with E-state index in [0.29, 0.717) is 6.61 Å². The Bertz CT molecular complexity index is 211. The van der Waals surface area contributed by atoms with Gasteiger partial charge < -0.3 is 14.2 Å². The quantitative estimate of drug-likeness (QED) is 0.530. The summed E-state index contributed by atoms with van der Waals surface area (Å²) in [5.41, 5.74) is 0. The van der Waals surface area contributed by atoms with Gasteiger partial charge in [0, 0.05) is 20.6 Å². The Kier molecular flexibility index (Phi) is 4.54. The Morgan fingerprint density at radius 1 is 1.33 bits per heavy atom. The van der Waals surface area contributed by atoms with Crippen LogP contribution in [0.15, 0.2) is 0 Å². The van der Waals surface area contributed by atoms with Gasteiger partial charge in [-0.1, -0.05) is 6.42 Å². The third-order valence-corrected chi connectivity index (χ3v) is 3.06. The summed E-state index contributed by atoms with van der Waals surface area (Å²) < 4.78 is 15.8. The van der Waals surface area contributed by atoms with Crippen molar-refractivity contribution in [2.24, 2.45) is 5.92 Å². The second-order valence-electron chi connectivity index (χ2n) is 3.77. The van der Waals surface area contributed by atoms with Gasteiger partial charge in [0.25, 0.3) is 0 Å². The second-order valence-corrected chi connectivity index (χ2v) is 3.77. The highest BCUT2D eigenvalue weighted by Crippen LogP contribution is 2.37. The molecule has 88 valence electrons. The maximum atomic E-state index is 11.7. The third-order valence-electron chi connectivity index (χ3n) is 3.06. The highest BCUT2D eigenvalue weighted by Gasteiger charge is 2.46. The molecular formula is C11H20O4. The molecule has 0 aromatic rings. The number of rotatable bonds is 4. The fourth-order valence-corrected chi connectivity index (χ4v) is 2.23. The lowest BCUT2D eigenvalue weighted by atomic mass is 9.83. The van der Waals surface area contributed by atoms with Crippen molar-refractivity contribution in [1.29, 1.82) is 0 Å². The molecular weight excluding hydrogens is 196 g/mol. The van der Waals surface area contributed by atoms with E-state index in [1.807, 2.05) is 6.92 Å². The van der Waals surface area contributed by atoms with Crippen LogP contribution in [0.2, 0.25) is 0 Å². The van der Waals surface area contributed by atoms with E-state index >= 15 is 0 Å². The van der Waals surface area contributed by atoms with Crippen LogP contribution in [0, 0.1) is 5.92 Å². The van der Waals surface area contributed by atoms with Crippen LogP contribution in [0.4, 0.5) is 0 Å². The molecule has 1 saturated carbocycles. The summed E-state index contributed by atoms with van der Waals surface area (Å²) in [5, 5.41) is 0. The largest absolute Gasteiger partial charge is 0.466 e. The molecule has 4 heteroatoms. The van der Waals surface area contributed by atoms with Gasteiger partial charge in [0.05, 0.1) is 6.61 Å². The SMILES string of the molecule is CCOC(=O)[C@H]1CCCCC1(OC)OC. The van der Waals surface area contributed by atoms with Crippen LogP contribution >= 0.6 is 0 Å². The third kappa shape index (κ3) is 2.49. The van der Waals surface area contributed by atoms with E-state index in [2.05, 4.69) is 0 Å². The highest BCUT2D eigenvalue weighted by atomic mass is 16.7. The molecule has 0 heterocycles. The molecule has 0 spiro atoms. The Labute approximate surface area is 90.9 Å². The molecule has 1 fully saturated rings. The molecule has 15 heavy (non-hydrogen) atoms. The van der Waals surface area contributed by atoms with Crippen molar-refractivity contribution < 1.29 is 19.0 Å². The summed E-state index contributed by atoms with van der Waals surface area (Å²) in [6.45, 7) is 2.21. The van der Waals surface area contributed by atoms with Gasteiger partial charge in [0.2, 0.25) is 0 Å². The van der Waals surface area contributed by atoms with Gasteiger partial charge in [-0.3, -0.25) is 4.79 Å². The molecule has 0 aromatic carbocycles. The van der Waals surface area contributed by atoms with Gasteiger partial charge in [-0.25, -0.2) is 0 Å². The van der Waals surface area contributed by atoms with E-state index < -0.39 is 5.79 Å². The van der Waals surface area contributed by atoms with E-state index in [9.17, 15) is 4.79 Å². The first-order chi connectivity index (χ1) is 7.20. The Morgan fingerprint density at radius 2 is 2.00 bits per heavy atom. The van der Waals surface area contributed by atoms with Crippen LogP contribution in [0.1, 0.15) is 32.6 Å². The minimum absolute atomic E-state index is 0.207. The van der Waals surface area contributed by atoms with Crippen LogP contribution in [0.3, 0.4) is 0 Å². The summed E-state index contributed by atoms with van der Waals surface area (Å²) in [5.74, 6) is -1.27. The molecule has 0 saturated heterocycles. The average Bonchev–Trinajstić information content (AvgIpc) is 2.29. The molecule has 4 nitrogen and oxygen atoms in total. The van der Waals surface area contributed by atoms with Crippen molar-refractivity contribution in [3.63, 3.8) is 0 Å². The first kappa shape index (κ1) is 12.5. The number of methoxy groups -OCH3 is 2. The van der Waals surface area contributed by atoms with Crippen molar-refractivity contribution in [3.8, 4) is 0 Å². The van der Waals surface area contributed by atoms with Crippen LogP contribution in [-0.4, -0.2) is 32.6 Å². The number of hydrogen-bond donors (Lipinski definition) is 0. The standard InChI is InChI=1S/C11H20O4/c1-4-15-10(12)9-7-5-6-8-11(9,13-2)14-3/h9H,4-8H2,1-3H3/t9-/m1/s1. The zero-order valence-electron chi connectivity index (χ0n) is 9.75. The molecule has 0 bridgehead atoms. The number of carbonyl (C=O) groups excluding carboxylic acids is 1. The van der Waals surface area contributed by atoms with E-state index in [1.165, 1.54) is 0 Å². The number of carbonyl (C=O) groups is 1. The zero-order valence-corrected chi connectivity index (χ0v) is 9.75. The van der Waals surface area contributed by atoms with E-state index in [0.717, 1.165) is 25.7 Å². The predicted molar refractivity (Wildman–Crippen MR) is 55.3 cm³/mol. The molecule has 0 N–H and O–H groups in total. The van der Waals surface area contributed by atoms with Gasteiger partial charge in [-0.2, -0.15) is 0 Å². The summed E-state index contributed by atoms with van der Waals surface area (Å²) in [4.78, 5) is 11.7. The fraction of sp³-hybridized carbons (Fsp3) is 0.909. The highest BCUT2D eigenvalue weighted by molar-refractivity contribution is 5.73. The number of ether oxygens (including phenoxy) is 3. The van der Waals surface area contributed by atoms with E-state index in [4.69, 9.17) is 14.2 Å². The zero-order chi connectivity index (χ0) is 11.3. The van der Waals surface area contributed by atoms with E-state index in [1.54, 1.807) is 14.2 Å². The number of esters is 1. The van der Waals surface area contributed by atoms with Gasteiger partial charge in [0.15, 0.2) is 5.79 Å². The van der Waals surface area contributed by atoms with Crippen LogP contribution in [-0.2, 0) is 19.0 Å². The maximum Gasteiger partial charge on any atom is 0.314 e. The van der Waals surface area contributed by atoms with Crippen molar-refractivity contribution in [2.45, 2.75) is 38.4 Å². The van der Waals surface area contributed by atoms with Gasteiger partial charge >= 0.3 is 5.97 Å². The molecule has 0 aliphatic heterocycles. The number of hydrogen-bond acceptors (Lipinski definition) is 4. The van der Waals surface area contributed by atoms with Crippen molar-refractivity contribution in [2.75, 3.05) is 20.8 Å². The molecule has 0 unspecified atom stereocenters.